The smallest absolute Gasteiger partial charge is 0.221 e. The number of carbonyl (C=O) groups excluding carboxylic acids is 1. The quantitative estimate of drug-likeness (QED) is 0.860. The maximum atomic E-state index is 11.1. The third-order valence-corrected chi connectivity index (χ3v) is 3.38. The Balaban J connectivity index is 1.92. The van der Waals surface area contributed by atoms with Gasteiger partial charge in [0, 0.05) is 25.7 Å². The molecule has 0 atom stereocenters. The summed E-state index contributed by atoms with van der Waals surface area (Å²) in [4.78, 5) is 11.1. The van der Waals surface area contributed by atoms with Gasteiger partial charge in [0.1, 0.15) is 5.75 Å². The first-order valence-electron chi connectivity index (χ1n) is 7.29. The fourth-order valence-electron chi connectivity index (χ4n) is 2.29. The first kappa shape index (κ1) is 16.0. The van der Waals surface area contributed by atoms with Crippen LogP contribution in [0.1, 0.15) is 23.6 Å². The minimum atomic E-state index is -0.0585. The predicted molar refractivity (Wildman–Crippen MR) is 89.0 cm³/mol. The van der Waals surface area contributed by atoms with Crippen molar-refractivity contribution >= 4 is 11.6 Å². The summed E-state index contributed by atoms with van der Waals surface area (Å²) in [6.45, 7) is 5.05. The van der Waals surface area contributed by atoms with E-state index in [1.165, 1.54) is 12.5 Å². The Morgan fingerprint density at radius 2 is 1.82 bits per heavy atom. The lowest BCUT2D eigenvalue weighted by molar-refractivity contribution is -0.114. The molecule has 0 fully saturated rings. The van der Waals surface area contributed by atoms with E-state index in [1.807, 2.05) is 31.2 Å². The summed E-state index contributed by atoms with van der Waals surface area (Å²) >= 11 is 0. The molecule has 0 heterocycles. The molecule has 0 aliphatic heterocycles. The number of methoxy groups -OCH3 is 1. The average Bonchev–Trinajstić information content (AvgIpc) is 2.48. The molecule has 4 nitrogen and oxygen atoms in total. The highest BCUT2D eigenvalue weighted by molar-refractivity contribution is 5.88. The minimum absolute atomic E-state index is 0.0585. The fourth-order valence-corrected chi connectivity index (χ4v) is 2.29. The van der Waals surface area contributed by atoms with Crippen molar-refractivity contribution in [2.75, 3.05) is 12.4 Å². The highest BCUT2D eigenvalue weighted by Gasteiger charge is 2.01. The van der Waals surface area contributed by atoms with Crippen LogP contribution in [-0.4, -0.2) is 13.0 Å². The van der Waals surface area contributed by atoms with Crippen LogP contribution >= 0.6 is 0 Å². The van der Waals surface area contributed by atoms with Gasteiger partial charge in [-0.15, -0.1) is 0 Å². The van der Waals surface area contributed by atoms with Crippen LogP contribution in [0.3, 0.4) is 0 Å². The number of anilines is 1. The highest BCUT2D eigenvalue weighted by Crippen LogP contribution is 2.19. The second kappa shape index (κ2) is 7.61. The van der Waals surface area contributed by atoms with Gasteiger partial charge in [0.15, 0.2) is 0 Å². The molecule has 2 N–H and O–H groups in total. The molecule has 0 aromatic heterocycles. The third-order valence-electron chi connectivity index (χ3n) is 3.38. The van der Waals surface area contributed by atoms with Crippen LogP contribution in [0, 0.1) is 6.92 Å². The van der Waals surface area contributed by atoms with Crippen molar-refractivity contribution in [1.29, 1.82) is 0 Å². The Labute approximate surface area is 131 Å². The fraction of sp³-hybridized carbons (Fsp3) is 0.278. The van der Waals surface area contributed by atoms with Crippen molar-refractivity contribution in [2.45, 2.75) is 26.9 Å². The third kappa shape index (κ3) is 4.60. The first-order valence-corrected chi connectivity index (χ1v) is 7.29. The number of hydrogen-bond acceptors (Lipinski definition) is 3. The number of carbonyl (C=O) groups is 1. The van der Waals surface area contributed by atoms with Gasteiger partial charge in [-0.1, -0.05) is 24.3 Å². The minimum Gasteiger partial charge on any atom is -0.496 e. The van der Waals surface area contributed by atoms with Gasteiger partial charge in [-0.2, -0.15) is 0 Å². The molecule has 116 valence electrons. The van der Waals surface area contributed by atoms with Gasteiger partial charge in [0.2, 0.25) is 5.91 Å². The molecule has 0 radical (unpaired) electrons. The van der Waals surface area contributed by atoms with E-state index in [4.69, 9.17) is 4.74 Å². The van der Waals surface area contributed by atoms with E-state index in [1.54, 1.807) is 7.11 Å². The molecule has 0 aliphatic carbocycles. The summed E-state index contributed by atoms with van der Waals surface area (Å²) in [5, 5.41) is 6.19. The Bertz CT molecular complexity index is 653. The van der Waals surface area contributed by atoms with Gasteiger partial charge in [-0.3, -0.25) is 4.79 Å². The number of amides is 1. The lowest BCUT2D eigenvalue weighted by atomic mass is 10.1. The van der Waals surface area contributed by atoms with Crippen molar-refractivity contribution < 1.29 is 9.53 Å². The first-order chi connectivity index (χ1) is 10.6. The standard InChI is InChI=1S/C18H22N2O2/c1-13-7-8-16(10-18(13)22-3)12-19-11-15-5-4-6-17(9-15)20-14(2)21/h4-10,19H,11-12H2,1-3H3,(H,20,21). The van der Waals surface area contributed by atoms with E-state index in [-0.39, 0.29) is 5.91 Å². The summed E-state index contributed by atoms with van der Waals surface area (Å²) in [6, 6.07) is 14.0. The zero-order valence-corrected chi connectivity index (χ0v) is 13.3. The molecule has 1 amide bonds. The van der Waals surface area contributed by atoms with Crippen molar-refractivity contribution in [2.24, 2.45) is 0 Å². The molecule has 0 unspecified atom stereocenters. The molecule has 2 aromatic rings. The highest BCUT2D eigenvalue weighted by atomic mass is 16.5. The Morgan fingerprint density at radius 3 is 2.50 bits per heavy atom. The molecule has 2 aromatic carbocycles. The number of ether oxygens (including phenoxy) is 1. The van der Waals surface area contributed by atoms with Crippen molar-refractivity contribution in [3.63, 3.8) is 0 Å². The van der Waals surface area contributed by atoms with Crippen molar-refractivity contribution in [1.82, 2.24) is 5.32 Å². The molecule has 0 bridgehead atoms. The Morgan fingerprint density at radius 1 is 1.09 bits per heavy atom. The lowest BCUT2D eigenvalue weighted by Gasteiger charge is -2.10. The molecule has 0 saturated heterocycles. The SMILES string of the molecule is COc1cc(CNCc2cccc(NC(C)=O)c2)ccc1C. The van der Waals surface area contributed by atoms with E-state index in [9.17, 15) is 4.79 Å². The van der Waals surface area contributed by atoms with Gasteiger partial charge >= 0.3 is 0 Å². The zero-order chi connectivity index (χ0) is 15.9. The molecule has 0 aliphatic rings. The van der Waals surface area contributed by atoms with Gasteiger partial charge < -0.3 is 15.4 Å². The zero-order valence-electron chi connectivity index (χ0n) is 13.3. The molecule has 22 heavy (non-hydrogen) atoms. The van der Waals surface area contributed by atoms with Crippen LogP contribution in [0.5, 0.6) is 5.75 Å². The van der Waals surface area contributed by atoms with E-state index in [0.29, 0.717) is 0 Å². The van der Waals surface area contributed by atoms with Crippen LogP contribution in [0.2, 0.25) is 0 Å². The van der Waals surface area contributed by atoms with Gasteiger partial charge in [0.05, 0.1) is 7.11 Å². The molecular formula is C18H22N2O2. The van der Waals surface area contributed by atoms with Gasteiger partial charge in [-0.05, 0) is 41.8 Å². The number of aryl methyl sites for hydroxylation is 1. The Hall–Kier alpha value is -2.33. The molecule has 0 saturated carbocycles. The second-order valence-corrected chi connectivity index (χ2v) is 5.29. The number of hydrogen-bond donors (Lipinski definition) is 2. The molecule has 4 heteroatoms. The van der Waals surface area contributed by atoms with E-state index in [2.05, 4.69) is 28.8 Å². The number of rotatable bonds is 6. The summed E-state index contributed by atoms with van der Waals surface area (Å²) in [5.41, 5.74) is 4.27. The largest absolute Gasteiger partial charge is 0.496 e. The maximum Gasteiger partial charge on any atom is 0.221 e. The van der Waals surface area contributed by atoms with Crippen molar-refractivity contribution in [3.8, 4) is 5.75 Å². The van der Waals surface area contributed by atoms with E-state index < -0.39 is 0 Å². The summed E-state index contributed by atoms with van der Waals surface area (Å²) in [6.07, 6.45) is 0. The van der Waals surface area contributed by atoms with Crippen LogP contribution in [0.15, 0.2) is 42.5 Å². The predicted octanol–water partition coefficient (Wildman–Crippen LogP) is 3.25. The number of nitrogens with one attached hydrogen (secondary N) is 2. The molecular weight excluding hydrogens is 276 g/mol. The summed E-state index contributed by atoms with van der Waals surface area (Å²) in [5.74, 6) is 0.851. The van der Waals surface area contributed by atoms with Gasteiger partial charge in [0.25, 0.3) is 0 Å². The summed E-state index contributed by atoms with van der Waals surface area (Å²) < 4.78 is 5.33. The van der Waals surface area contributed by atoms with Crippen LogP contribution in [-0.2, 0) is 17.9 Å². The molecule has 2 rings (SSSR count). The second-order valence-electron chi connectivity index (χ2n) is 5.29. The monoisotopic (exact) mass is 298 g/mol. The molecule has 0 spiro atoms. The maximum absolute atomic E-state index is 11.1. The summed E-state index contributed by atoms with van der Waals surface area (Å²) in [7, 11) is 1.69. The Kier molecular flexibility index (Phi) is 5.55. The van der Waals surface area contributed by atoms with Crippen LogP contribution in [0.25, 0.3) is 0 Å². The van der Waals surface area contributed by atoms with Crippen LogP contribution in [0.4, 0.5) is 5.69 Å². The van der Waals surface area contributed by atoms with Crippen molar-refractivity contribution in [3.05, 3.63) is 59.2 Å². The lowest BCUT2D eigenvalue weighted by Crippen LogP contribution is -2.13. The van der Waals surface area contributed by atoms with Gasteiger partial charge in [-0.25, -0.2) is 0 Å². The van der Waals surface area contributed by atoms with Crippen LogP contribution < -0.4 is 15.4 Å². The topological polar surface area (TPSA) is 50.4 Å². The van der Waals surface area contributed by atoms with E-state index in [0.717, 1.165) is 35.7 Å². The normalized spacial score (nSPS) is 10.3. The number of benzene rings is 2. The average molecular weight is 298 g/mol. The van der Waals surface area contributed by atoms with E-state index >= 15 is 0 Å².